The molecule has 79 valence electrons. The van der Waals surface area contributed by atoms with Crippen LogP contribution in [0.4, 0.5) is 35.1 Å². The lowest BCUT2D eigenvalue weighted by molar-refractivity contribution is -0.188. The Morgan fingerprint density at radius 1 is 0.923 bits per heavy atom. The largest absolute Gasteiger partial charge is 0.346 e. The zero-order valence-electron chi connectivity index (χ0n) is 5.76. The van der Waals surface area contributed by atoms with Crippen molar-refractivity contribution in [3.63, 3.8) is 0 Å². The molecule has 13 heavy (non-hydrogen) atoms. The highest BCUT2D eigenvalue weighted by Gasteiger charge is 2.56. The van der Waals surface area contributed by atoms with Gasteiger partial charge in [0.25, 0.3) is 0 Å². The Bertz CT molecular complexity index is 155. The van der Waals surface area contributed by atoms with Gasteiger partial charge in [-0.15, -0.1) is 0 Å². The first-order valence-electron chi connectivity index (χ1n) is 2.83. The van der Waals surface area contributed by atoms with Gasteiger partial charge in [-0.1, -0.05) is 0 Å². The fraction of sp³-hybridized carbons (Fsp3) is 0.800. The Morgan fingerprint density at radius 3 is 1.54 bits per heavy atom. The quantitative estimate of drug-likeness (QED) is 0.632. The van der Waals surface area contributed by atoms with Crippen molar-refractivity contribution in [2.45, 2.75) is 24.7 Å². The SMILES string of the molecule is F[C](F)C(F)C(F)C(F)(F)C(F)F. The van der Waals surface area contributed by atoms with Crippen molar-refractivity contribution in [3.05, 3.63) is 6.43 Å². The average molecular weight is 215 g/mol. The minimum atomic E-state index is -5.41. The Balaban J connectivity index is 4.48. The fourth-order valence-corrected chi connectivity index (χ4v) is 0.426. The maximum Gasteiger partial charge on any atom is 0.346 e. The van der Waals surface area contributed by atoms with Gasteiger partial charge < -0.3 is 0 Å². The van der Waals surface area contributed by atoms with Gasteiger partial charge in [0.2, 0.25) is 12.3 Å². The smallest absolute Gasteiger partial charge is 0.237 e. The first-order valence-corrected chi connectivity index (χ1v) is 2.83. The van der Waals surface area contributed by atoms with Crippen LogP contribution in [0.25, 0.3) is 0 Å². The zero-order chi connectivity index (χ0) is 10.8. The Hall–Kier alpha value is -0.560. The van der Waals surface area contributed by atoms with E-state index in [0.717, 1.165) is 0 Å². The standard InChI is InChI=1S/C5H3F8/c6-1(3(8)9)2(7)5(12,13)4(10)11/h1-2,4H. The highest BCUT2D eigenvalue weighted by molar-refractivity contribution is 4.92. The molecule has 0 nitrogen and oxygen atoms in total. The fourth-order valence-electron chi connectivity index (χ4n) is 0.426. The van der Waals surface area contributed by atoms with Crippen LogP contribution in [-0.4, -0.2) is 24.7 Å². The summed E-state index contributed by atoms with van der Waals surface area (Å²) in [6.45, 7) is 0. The molecule has 0 aliphatic carbocycles. The Labute approximate surface area is 67.5 Å². The van der Waals surface area contributed by atoms with Crippen molar-refractivity contribution in [1.29, 1.82) is 0 Å². The summed E-state index contributed by atoms with van der Waals surface area (Å²) in [5.41, 5.74) is 0. The van der Waals surface area contributed by atoms with Crippen molar-refractivity contribution in [2.75, 3.05) is 0 Å². The number of hydrogen-bond acceptors (Lipinski definition) is 0. The van der Waals surface area contributed by atoms with E-state index in [9.17, 15) is 35.1 Å². The third-order valence-corrected chi connectivity index (χ3v) is 1.12. The highest BCUT2D eigenvalue weighted by Crippen LogP contribution is 2.35. The van der Waals surface area contributed by atoms with Crippen molar-refractivity contribution < 1.29 is 35.1 Å². The first kappa shape index (κ1) is 12.4. The van der Waals surface area contributed by atoms with Crippen molar-refractivity contribution in [3.8, 4) is 0 Å². The Kier molecular flexibility index (Phi) is 3.92. The van der Waals surface area contributed by atoms with E-state index < -0.39 is 31.1 Å². The predicted octanol–water partition coefficient (Wildman–Crippen LogP) is 2.99. The lowest BCUT2D eigenvalue weighted by atomic mass is 10.1. The van der Waals surface area contributed by atoms with Crippen LogP contribution in [0.2, 0.25) is 0 Å². The summed E-state index contributed by atoms with van der Waals surface area (Å²) in [7, 11) is 0. The predicted molar refractivity (Wildman–Crippen MR) is 26.2 cm³/mol. The molecule has 0 aliphatic heterocycles. The summed E-state index contributed by atoms with van der Waals surface area (Å²) in [6, 6.07) is 0. The molecule has 0 aromatic heterocycles. The van der Waals surface area contributed by atoms with E-state index in [1.807, 2.05) is 0 Å². The lowest BCUT2D eigenvalue weighted by Gasteiger charge is -2.21. The lowest BCUT2D eigenvalue weighted by Crippen LogP contribution is -2.44. The minimum Gasteiger partial charge on any atom is -0.237 e. The molecule has 8 heteroatoms. The zero-order valence-corrected chi connectivity index (χ0v) is 5.76. The molecule has 0 rings (SSSR count). The highest BCUT2D eigenvalue weighted by atomic mass is 19.3. The summed E-state index contributed by atoms with van der Waals surface area (Å²) in [5.74, 6) is -5.41. The third kappa shape index (κ3) is 2.70. The molecule has 0 spiro atoms. The van der Waals surface area contributed by atoms with E-state index in [-0.39, 0.29) is 0 Å². The van der Waals surface area contributed by atoms with E-state index in [1.165, 1.54) is 0 Å². The molecule has 0 amide bonds. The molecule has 1 radical (unpaired) electrons. The maximum absolute atomic E-state index is 12.0. The van der Waals surface area contributed by atoms with Crippen LogP contribution in [0.5, 0.6) is 0 Å². The minimum absolute atomic E-state index is 3.30. The van der Waals surface area contributed by atoms with Gasteiger partial charge in [-0.25, -0.2) is 17.6 Å². The van der Waals surface area contributed by atoms with Gasteiger partial charge in [-0.05, 0) is 0 Å². The molecular formula is C5H3F8. The molecule has 0 aliphatic rings. The van der Waals surface area contributed by atoms with Crippen LogP contribution in [0.1, 0.15) is 0 Å². The topological polar surface area (TPSA) is 0 Å². The van der Waals surface area contributed by atoms with Gasteiger partial charge in [-0.2, -0.15) is 17.6 Å². The summed E-state index contributed by atoms with van der Waals surface area (Å²) in [6.07, 6.45) is -16.1. The molecule has 2 atom stereocenters. The van der Waals surface area contributed by atoms with E-state index in [1.54, 1.807) is 0 Å². The molecule has 0 aromatic rings. The van der Waals surface area contributed by atoms with Crippen molar-refractivity contribution in [2.24, 2.45) is 0 Å². The van der Waals surface area contributed by atoms with Crippen LogP contribution in [-0.2, 0) is 0 Å². The second-order valence-corrected chi connectivity index (χ2v) is 2.07. The van der Waals surface area contributed by atoms with Crippen LogP contribution in [0.15, 0.2) is 0 Å². The molecule has 0 N–H and O–H groups in total. The maximum atomic E-state index is 12.0. The van der Waals surface area contributed by atoms with Gasteiger partial charge in [0.15, 0.2) is 0 Å². The van der Waals surface area contributed by atoms with Gasteiger partial charge in [0.1, 0.15) is 0 Å². The van der Waals surface area contributed by atoms with E-state index in [4.69, 9.17) is 0 Å². The summed E-state index contributed by atoms with van der Waals surface area (Å²) < 4.78 is 92.4. The number of rotatable bonds is 4. The summed E-state index contributed by atoms with van der Waals surface area (Å²) >= 11 is 0. The second-order valence-electron chi connectivity index (χ2n) is 2.07. The summed E-state index contributed by atoms with van der Waals surface area (Å²) in [4.78, 5) is 0. The third-order valence-electron chi connectivity index (χ3n) is 1.12. The van der Waals surface area contributed by atoms with E-state index in [2.05, 4.69) is 0 Å². The molecular weight excluding hydrogens is 212 g/mol. The molecule has 0 bridgehead atoms. The normalized spacial score (nSPS) is 18.0. The van der Waals surface area contributed by atoms with Crippen LogP contribution >= 0.6 is 0 Å². The number of alkyl halides is 6. The van der Waals surface area contributed by atoms with Gasteiger partial charge in [0, 0.05) is 0 Å². The first-order chi connectivity index (χ1) is 5.71. The number of hydrogen-bond donors (Lipinski definition) is 0. The van der Waals surface area contributed by atoms with E-state index >= 15 is 0 Å². The molecule has 0 fully saturated rings. The summed E-state index contributed by atoms with van der Waals surface area (Å²) in [5, 5.41) is 0. The second kappa shape index (κ2) is 4.10. The van der Waals surface area contributed by atoms with Crippen LogP contribution in [0.3, 0.4) is 0 Å². The molecule has 2 unspecified atom stereocenters. The van der Waals surface area contributed by atoms with Crippen molar-refractivity contribution in [1.82, 2.24) is 0 Å². The van der Waals surface area contributed by atoms with Crippen LogP contribution in [0, 0.1) is 6.43 Å². The van der Waals surface area contributed by atoms with Gasteiger partial charge in [-0.3, -0.25) is 0 Å². The van der Waals surface area contributed by atoms with E-state index in [0.29, 0.717) is 0 Å². The molecule has 0 saturated carbocycles. The average Bonchev–Trinajstić information content (AvgIpc) is 2.01. The van der Waals surface area contributed by atoms with Crippen molar-refractivity contribution >= 4 is 0 Å². The van der Waals surface area contributed by atoms with Gasteiger partial charge in [0.05, 0.1) is 0 Å². The molecule has 0 heterocycles. The Morgan fingerprint density at radius 2 is 1.31 bits per heavy atom. The van der Waals surface area contributed by atoms with Gasteiger partial charge >= 0.3 is 18.8 Å². The monoisotopic (exact) mass is 215 g/mol. The molecule has 0 aromatic carbocycles. The molecule has 0 saturated heterocycles. The van der Waals surface area contributed by atoms with Crippen LogP contribution < -0.4 is 0 Å². The number of halogens is 8.